The maximum atomic E-state index is 10.1. The highest BCUT2D eigenvalue weighted by Gasteiger charge is 2.05. The van der Waals surface area contributed by atoms with Crippen LogP contribution in [0, 0.1) is 0 Å². The quantitative estimate of drug-likeness (QED) is 0.529. The van der Waals surface area contributed by atoms with Crippen LogP contribution in [0.3, 0.4) is 0 Å². The summed E-state index contributed by atoms with van der Waals surface area (Å²) in [4.78, 5) is 10.1. The zero-order valence-electron chi connectivity index (χ0n) is 8.69. The molecule has 0 radical (unpaired) electrons. The summed E-state index contributed by atoms with van der Waals surface area (Å²) in [5.41, 5.74) is 1.19. The third-order valence-corrected chi connectivity index (χ3v) is 2.03. The minimum absolute atomic E-state index is 0.447. The van der Waals surface area contributed by atoms with Gasteiger partial charge in [0.2, 0.25) is 0 Å². The Kier molecular flexibility index (Phi) is 4.17. The molecule has 0 amide bonds. The summed E-state index contributed by atoms with van der Waals surface area (Å²) >= 11 is 0. The zero-order chi connectivity index (χ0) is 10.4. The van der Waals surface area contributed by atoms with Crippen molar-refractivity contribution in [3.05, 3.63) is 29.8 Å². The van der Waals surface area contributed by atoms with Crippen molar-refractivity contribution >= 4 is 6.29 Å². The van der Waals surface area contributed by atoms with Crippen molar-refractivity contribution in [2.45, 2.75) is 26.2 Å². The van der Waals surface area contributed by atoms with E-state index in [0.717, 1.165) is 12.0 Å². The first kappa shape index (κ1) is 10.8. The average molecular weight is 192 g/mol. The van der Waals surface area contributed by atoms with Gasteiger partial charge in [-0.15, -0.1) is 0 Å². The van der Waals surface area contributed by atoms with E-state index in [1.165, 1.54) is 5.56 Å². The second kappa shape index (κ2) is 5.43. The molecule has 1 rings (SSSR count). The summed E-state index contributed by atoms with van der Waals surface area (Å²) in [7, 11) is 0. The lowest BCUT2D eigenvalue weighted by molar-refractivity contribution is -0.108. The van der Waals surface area contributed by atoms with Crippen molar-refractivity contribution in [1.29, 1.82) is 0 Å². The summed E-state index contributed by atoms with van der Waals surface area (Å²) in [6.45, 7) is 4.72. The van der Waals surface area contributed by atoms with Crippen LogP contribution in [0.5, 0.6) is 5.75 Å². The highest BCUT2D eigenvalue weighted by atomic mass is 16.5. The van der Waals surface area contributed by atoms with Gasteiger partial charge >= 0.3 is 0 Å². The molecule has 0 atom stereocenters. The van der Waals surface area contributed by atoms with Crippen molar-refractivity contribution in [3.63, 3.8) is 0 Å². The first-order valence-corrected chi connectivity index (χ1v) is 4.91. The SMILES string of the molecule is CC(C)c1ccccc1OCCC=O. The minimum atomic E-state index is 0.447. The number of carbonyl (C=O) groups is 1. The lowest BCUT2D eigenvalue weighted by Gasteiger charge is -2.12. The van der Waals surface area contributed by atoms with Gasteiger partial charge in [-0.1, -0.05) is 32.0 Å². The molecule has 0 aliphatic rings. The summed E-state index contributed by atoms with van der Waals surface area (Å²) in [5, 5.41) is 0. The number of rotatable bonds is 5. The van der Waals surface area contributed by atoms with E-state index < -0.39 is 0 Å². The Morgan fingerprint density at radius 1 is 1.36 bits per heavy atom. The smallest absolute Gasteiger partial charge is 0.123 e. The van der Waals surface area contributed by atoms with Gasteiger partial charge in [0.1, 0.15) is 12.0 Å². The van der Waals surface area contributed by atoms with E-state index >= 15 is 0 Å². The number of aldehydes is 1. The lowest BCUT2D eigenvalue weighted by atomic mass is 10.0. The molecular weight excluding hydrogens is 176 g/mol. The van der Waals surface area contributed by atoms with Gasteiger partial charge in [0.25, 0.3) is 0 Å². The molecule has 0 aromatic heterocycles. The Hall–Kier alpha value is -1.31. The molecule has 0 spiro atoms. The fraction of sp³-hybridized carbons (Fsp3) is 0.417. The van der Waals surface area contributed by atoms with Crippen molar-refractivity contribution in [2.24, 2.45) is 0 Å². The highest BCUT2D eigenvalue weighted by molar-refractivity contribution is 5.49. The highest BCUT2D eigenvalue weighted by Crippen LogP contribution is 2.25. The molecule has 1 aromatic carbocycles. The number of hydrogen-bond acceptors (Lipinski definition) is 2. The summed E-state index contributed by atoms with van der Waals surface area (Å²) in [6, 6.07) is 7.95. The van der Waals surface area contributed by atoms with Crippen molar-refractivity contribution in [3.8, 4) is 5.75 Å². The monoisotopic (exact) mass is 192 g/mol. The molecule has 76 valence electrons. The second-order valence-corrected chi connectivity index (χ2v) is 3.50. The van der Waals surface area contributed by atoms with E-state index in [-0.39, 0.29) is 0 Å². The van der Waals surface area contributed by atoms with Gasteiger partial charge in [0.05, 0.1) is 6.61 Å². The lowest BCUT2D eigenvalue weighted by Crippen LogP contribution is -2.01. The zero-order valence-corrected chi connectivity index (χ0v) is 8.69. The molecule has 2 heteroatoms. The Morgan fingerprint density at radius 2 is 2.07 bits per heavy atom. The van der Waals surface area contributed by atoms with E-state index in [0.29, 0.717) is 18.9 Å². The van der Waals surface area contributed by atoms with Gasteiger partial charge in [-0.05, 0) is 17.5 Å². The third kappa shape index (κ3) is 2.87. The number of carbonyl (C=O) groups excluding carboxylic acids is 1. The van der Waals surface area contributed by atoms with Gasteiger partial charge in [-0.25, -0.2) is 0 Å². The fourth-order valence-electron chi connectivity index (χ4n) is 1.31. The van der Waals surface area contributed by atoms with Crippen LogP contribution in [0.1, 0.15) is 31.7 Å². The number of ether oxygens (including phenoxy) is 1. The Labute approximate surface area is 84.9 Å². The molecular formula is C12H16O2. The number of para-hydroxylation sites is 1. The Morgan fingerprint density at radius 3 is 2.71 bits per heavy atom. The minimum Gasteiger partial charge on any atom is -0.493 e. The molecule has 0 N–H and O–H groups in total. The maximum absolute atomic E-state index is 10.1. The van der Waals surface area contributed by atoms with E-state index in [1.807, 2.05) is 18.2 Å². The van der Waals surface area contributed by atoms with Gasteiger partial charge in [0, 0.05) is 6.42 Å². The largest absolute Gasteiger partial charge is 0.493 e. The molecule has 2 nitrogen and oxygen atoms in total. The van der Waals surface area contributed by atoms with Crippen LogP contribution in [0.15, 0.2) is 24.3 Å². The normalized spacial score (nSPS) is 10.2. The molecule has 0 unspecified atom stereocenters. The molecule has 0 bridgehead atoms. The van der Waals surface area contributed by atoms with Crippen LogP contribution in [0.2, 0.25) is 0 Å². The van der Waals surface area contributed by atoms with Crippen molar-refractivity contribution in [2.75, 3.05) is 6.61 Å². The summed E-state index contributed by atoms with van der Waals surface area (Å²) in [6.07, 6.45) is 1.32. The molecule has 14 heavy (non-hydrogen) atoms. The van der Waals surface area contributed by atoms with E-state index in [9.17, 15) is 4.79 Å². The third-order valence-electron chi connectivity index (χ3n) is 2.03. The second-order valence-electron chi connectivity index (χ2n) is 3.50. The van der Waals surface area contributed by atoms with Crippen LogP contribution in [0.25, 0.3) is 0 Å². The Balaban J connectivity index is 2.69. The van der Waals surface area contributed by atoms with Gasteiger partial charge in [-0.3, -0.25) is 0 Å². The van der Waals surface area contributed by atoms with Crippen LogP contribution in [-0.2, 0) is 4.79 Å². The number of benzene rings is 1. The van der Waals surface area contributed by atoms with E-state index in [4.69, 9.17) is 4.74 Å². The molecule has 0 saturated heterocycles. The standard InChI is InChI=1S/C12H16O2/c1-10(2)11-6-3-4-7-12(11)14-9-5-8-13/h3-4,6-8,10H,5,9H2,1-2H3. The van der Waals surface area contributed by atoms with Crippen molar-refractivity contribution < 1.29 is 9.53 Å². The molecule has 0 heterocycles. The van der Waals surface area contributed by atoms with Crippen LogP contribution in [-0.4, -0.2) is 12.9 Å². The summed E-state index contributed by atoms with van der Waals surface area (Å²) in [5.74, 6) is 1.34. The van der Waals surface area contributed by atoms with Crippen LogP contribution in [0.4, 0.5) is 0 Å². The first-order valence-electron chi connectivity index (χ1n) is 4.91. The van der Waals surface area contributed by atoms with Gasteiger partial charge < -0.3 is 9.53 Å². The Bertz CT molecular complexity index is 292. The van der Waals surface area contributed by atoms with Crippen LogP contribution < -0.4 is 4.74 Å². The predicted octanol–water partition coefficient (Wildman–Crippen LogP) is 2.78. The molecule has 0 aliphatic carbocycles. The van der Waals surface area contributed by atoms with E-state index in [1.54, 1.807) is 0 Å². The van der Waals surface area contributed by atoms with Gasteiger partial charge in [0.15, 0.2) is 0 Å². The van der Waals surface area contributed by atoms with Gasteiger partial charge in [-0.2, -0.15) is 0 Å². The van der Waals surface area contributed by atoms with E-state index in [2.05, 4.69) is 19.9 Å². The van der Waals surface area contributed by atoms with Crippen molar-refractivity contribution in [1.82, 2.24) is 0 Å². The maximum Gasteiger partial charge on any atom is 0.123 e. The predicted molar refractivity (Wildman–Crippen MR) is 56.7 cm³/mol. The molecule has 0 fully saturated rings. The summed E-state index contributed by atoms with van der Waals surface area (Å²) < 4.78 is 5.51. The molecule has 0 saturated carbocycles. The topological polar surface area (TPSA) is 26.3 Å². The molecule has 0 aliphatic heterocycles. The first-order chi connectivity index (χ1) is 6.75. The number of hydrogen-bond donors (Lipinski definition) is 0. The molecule has 1 aromatic rings. The fourth-order valence-corrected chi connectivity index (χ4v) is 1.31. The average Bonchev–Trinajstić information content (AvgIpc) is 2.19. The van der Waals surface area contributed by atoms with Crippen LogP contribution >= 0.6 is 0 Å².